The monoisotopic (exact) mass is 263 g/mol. The zero-order chi connectivity index (χ0) is 13.7. The van der Waals surface area contributed by atoms with E-state index >= 15 is 0 Å². The lowest BCUT2D eigenvalue weighted by atomic mass is 10.2. The molecule has 0 amide bonds. The van der Waals surface area contributed by atoms with E-state index < -0.39 is 0 Å². The Hall–Kier alpha value is -1.20. The number of anilines is 1. The average Bonchev–Trinajstić information content (AvgIpc) is 2.40. The van der Waals surface area contributed by atoms with E-state index in [9.17, 15) is 0 Å². The molecule has 19 heavy (non-hydrogen) atoms. The molecule has 1 aliphatic heterocycles. The van der Waals surface area contributed by atoms with Gasteiger partial charge in [-0.3, -0.25) is 0 Å². The van der Waals surface area contributed by atoms with Gasteiger partial charge in [0, 0.05) is 50.7 Å². The van der Waals surface area contributed by atoms with E-state index in [4.69, 9.17) is 0 Å². The molecule has 1 N–H and O–H groups in total. The maximum absolute atomic E-state index is 4.48. The van der Waals surface area contributed by atoms with Crippen LogP contribution in [0.5, 0.6) is 0 Å². The van der Waals surface area contributed by atoms with Gasteiger partial charge in [-0.25, -0.2) is 9.97 Å². The molecule has 0 saturated carbocycles. The second kappa shape index (κ2) is 6.82. The Kier molecular flexibility index (Phi) is 5.10. The summed E-state index contributed by atoms with van der Waals surface area (Å²) < 4.78 is 0. The van der Waals surface area contributed by atoms with Crippen molar-refractivity contribution in [2.45, 2.75) is 20.4 Å². The van der Waals surface area contributed by atoms with Crippen LogP contribution in [0, 0.1) is 5.92 Å². The first kappa shape index (κ1) is 14.2. The molecule has 0 atom stereocenters. The largest absolute Gasteiger partial charge is 0.338 e. The predicted molar refractivity (Wildman–Crippen MR) is 78.3 cm³/mol. The number of nitrogens with zero attached hydrogens (tertiary/aromatic N) is 4. The van der Waals surface area contributed by atoms with Crippen LogP contribution in [-0.4, -0.2) is 54.6 Å². The van der Waals surface area contributed by atoms with Gasteiger partial charge in [-0.1, -0.05) is 13.8 Å². The molecule has 5 heteroatoms. The lowest BCUT2D eigenvalue weighted by molar-refractivity contribution is 0.311. The van der Waals surface area contributed by atoms with Crippen LogP contribution in [0.4, 0.5) is 5.95 Å². The summed E-state index contributed by atoms with van der Waals surface area (Å²) in [7, 11) is 2.15. The van der Waals surface area contributed by atoms with E-state index in [1.54, 1.807) is 0 Å². The highest BCUT2D eigenvalue weighted by atomic mass is 15.3. The normalized spacial score (nSPS) is 17.2. The molecule has 0 aliphatic carbocycles. The van der Waals surface area contributed by atoms with Gasteiger partial charge >= 0.3 is 0 Å². The first-order valence-electron chi connectivity index (χ1n) is 7.10. The highest BCUT2D eigenvalue weighted by Crippen LogP contribution is 2.10. The first-order chi connectivity index (χ1) is 9.15. The van der Waals surface area contributed by atoms with Crippen molar-refractivity contribution < 1.29 is 0 Å². The van der Waals surface area contributed by atoms with Gasteiger partial charge in [-0.2, -0.15) is 0 Å². The summed E-state index contributed by atoms with van der Waals surface area (Å²) in [6.45, 7) is 10.5. The Morgan fingerprint density at radius 1 is 1.16 bits per heavy atom. The Balaban J connectivity index is 1.84. The minimum atomic E-state index is 0.672. The zero-order valence-electron chi connectivity index (χ0n) is 12.3. The molecule has 5 nitrogen and oxygen atoms in total. The number of piperazine rings is 1. The van der Waals surface area contributed by atoms with Gasteiger partial charge in [-0.15, -0.1) is 0 Å². The van der Waals surface area contributed by atoms with Crippen LogP contribution in [0.25, 0.3) is 0 Å². The Morgan fingerprint density at radius 2 is 1.79 bits per heavy atom. The lowest BCUT2D eigenvalue weighted by Crippen LogP contribution is -2.45. The van der Waals surface area contributed by atoms with Crippen molar-refractivity contribution in [1.82, 2.24) is 20.2 Å². The summed E-state index contributed by atoms with van der Waals surface area (Å²) >= 11 is 0. The van der Waals surface area contributed by atoms with Crippen molar-refractivity contribution in [3.05, 3.63) is 18.0 Å². The number of aromatic nitrogens is 2. The van der Waals surface area contributed by atoms with Gasteiger partial charge in [-0.05, 0) is 19.5 Å². The molecular weight excluding hydrogens is 238 g/mol. The van der Waals surface area contributed by atoms with E-state index in [1.165, 1.54) is 0 Å². The molecule has 0 unspecified atom stereocenters. The standard InChI is InChI=1S/C14H25N5/c1-12(2)8-15-9-13-10-16-14(17-11-13)19-6-4-18(3)5-7-19/h10-12,15H,4-9H2,1-3H3. The van der Waals surface area contributed by atoms with Gasteiger partial charge in [0.2, 0.25) is 5.95 Å². The number of rotatable bonds is 5. The van der Waals surface area contributed by atoms with Gasteiger partial charge in [0.1, 0.15) is 0 Å². The third-order valence-electron chi connectivity index (χ3n) is 3.36. The number of hydrogen-bond donors (Lipinski definition) is 1. The van der Waals surface area contributed by atoms with Gasteiger partial charge in [0.15, 0.2) is 0 Å². The minimum absolute atomic E-state index is 0.672. The van der Waals surface area contributed by atoms with Crippen LogP contribution in [0.15, 0.2) is 12.4 Å². The average molecular weight is 263 g/mol. The third kappa shape index (κ3) is 4.44. The molecule has 0 aromatic carbocycles. The molecule has 0 spiro atoms. The van der Waals surface area contributed by atoms with Crippen molar-refractivity contribution in [1.29, 1.82) is 0 Å². The summed E-state index contributed by atoms with van der Waals surface area (Å²) in [5, 5.41) is 3.41. The third-order valence-corrected chi connectivity index (χ3v) is 3.36. The number of likely N-dealkylation sites (N-methyl/N-ethyl adjacent to an activating group) is 1. The number of nitrogens with one attached hydrogen (secondary N) is 1. The van der Waals surface area contributed by atoms with E-state index in [1.807, 2.05) is 12.4 Å². The van der Waals surface area contributed by atoms with Gasteiger partial charge in [0.05, 0.1) is 0 Å². The summed E-state index contributed by atoms with van der Waals surface area (Å²) in [4.78, 5) is 13.6. The van der Waals surface area contributed by atoms with Crippen molar-refractivity contribution in [2.75, 3.05) is 44.7 Å². The Bertz CT molecular complexity index is 368. The van der Waals surface area contributed by atoms with Gasteiger partial charge in [0.25, 0.3) is 0 Å². The van der Waals surface area contributed by atoms with Crippen LogP contribution in [0.1, 0.15) is 19.4 Å². The maximum Gasteiger partial charge on any atom is 0.225 e. The molecule has 2 heterocycles. The molecule has 2 rings (SSSR count). The molecule has 1 saturated heterocycles. The van der Waals surface area contributed by atoms with Crippen LogP contribution in [0.3, 0.4) is 0 Å². The fourth-order valence-electron chi connectivity index (χ4n) is 2.11. The van der Waals surface area contributed by atoms with Crippen LogP contribution < -0.4 is 10.2 Å². The molecule has 1 fully saturated rings. The minimum Gasteiger partial charge on any atom is -0.338 e. The summed E-state index contributed by atoms with van der Waals surface area (Å²) in [5.41, 5.74) is 1.15. The van der Waals surface area contributed by atoms with E-state index in [2.05, 4.69) is 46.0 Å². The van der Waals surface area contributed by atoms with Crippen molar-refractivity contribution in [3.63, 3.8) is 0 Å². The van der Waals surface area contributed by atoms with Crippen LogP contribution >= 0.6 is 0 Å². The van der Waals surface area contributed by atoms with Crippen LogP contribution in [-0.2, 0) is 6.54 Å². The topological polar surface area (TPSA) is 44.3 Å². The molecule has 1 aromatic rings. The maximum atomic E-state index is 4.48. The predicted octanol–water partition coefficient (Wildman–Crippen LogP) is 0.974. The Morgan fingerprint density at radius 3 is 2.37 bits per heavy atom. The first-order valence-corrected chi connectivity index (χ1v) is 7.10. The molecule has 1 aliphatic rings. The highest BCUT2D eigenvalue weighted by Gasteiger charge is 2.15. The zero-order valence-corrected chi connectivity index (χ0v) is 12.3. The molecule has 1 aromatic heterocycles. The van der Waals surface area contributed by atoms with E-state index in [0.717, 1.165) is 50.8 Å². The summed E-state index contributed by atoms with van der Waals surface area (Å²) in [6.07, 6.45) is 3.88. The van der Waals surface area contributed by atoms with Crippen LogP contribution in [0.2, 0.25) is 0 Å². The van der Waals surface area contributed by atoms with E-state index in [-0.39, 0.29) is 0 Å². The Labute approximate surface area is 116 Å². The second-order valence-corrected chi connectivity index (χ2v) is 5.71. The molecular formula is C14H25N5. The van der Waals surface area contributed by atoms with Crippen molar-refractivity contribution in [2.24, 2.45) is 5.92 Å². The lowest BCUT2D eigenvalue weighted by Gasteiger charge is -2.32. The quantitative estimate of drug-likeness (QED) is 0.858. The molecule has 106 valence electrons. The molecule has 0 radical (unpaired) electrons. The van der Waals surface area contributed by atoms with E-state index in [0.29, 0.717) is 5.92 Å². The van der Waals surface area contributed by atoms with Crippen molar-refractivity contribution >= 4 is 5.95 Å². The summed E-state index contributed by atoms with van der Waals surface area (Å²) in [5.74, 6) is 1.53. The SMILES string of the molecule is CC(C)CNCc1cnc(N2CCN(C)CC2)nc1. The van der Waals surface area contributed by atoms with Crippen molar-refractivity contribution in [3.8, 4) is 0 Å². The number of hydrogen-bond acceptors (Lipinski definition) is 5. The highest BCUT2D eigenvalue weighted by molar-refractivity contribution is 5.30. The second-order valence-electron chi connectivity index (χ2n) is 5.71. The fourth-order valence-corrected chi connectivity index (χ4v) is 2.11. The summed E-state index contributed by atoms with van der Waals surface area (Å²) in [6, 6.07) is 0. The smallest absolute Gasteiger partial charge is 0.225 e. The van der Waals surface area contributed by atoms with Gasteiger partial charge < -0.3 is 15.1 Å². The fraction of sp³-hybridized carbons (Fsp3) is 0.714. The molecule has 0 bridgehead atoms.